The number of hydrogen-bond acceptors (Lipinski definition) is 9. The molecule has 0 radical (unpaired) electrons. The number of aliphatic hydroxyl groups excluding tert-OH is 1. The van der Waals surface area contributed by atoms with Crippen LogP contribution in [0, 0.1) is 26.6 Å². The van der Waals surface area contributed by atoms with E-state index in [1.54, 1.807) is 6.92 Å². The average molecular weight is 1360 g/mol. The smallest absolute Gasteiger partial charge is 0.449 e. The topological polar surface area (TPSA) is 145 Å². The number of aryl methyl sites for hydroxylation is 3. The van der Waals surface area contributed by atoms with Crippen molar-refractivity contribution in [2.45, 2.75) is 89.5 Å². The minimum Gasteiger partial charge on any atom is -0.465 e. The zero-order valence-corrected chi connectivity index (χ0v) is 54.2. The number of nitrogens with one attached hydrogen (secondary N) is 1. The first-order valence-electron chi connectivity index (χ1n) is 18.9. The number of hydrogen-bond donors (Lipinski definition) is 2. The molecule has 29 heteroatoms. The van der Waals surface area contributed by atoms with Crippen molar-refractivity contribution in [3.8, 4) is 0 Å². The summed E-state index contributed by atoms with van der Waals surface area (Å²) in [5, 5.41) is 12.0. The Labute approximate surface area is 440 Å². The number of amides is 1. The molecule has 0 bridgehead atoms. The fourth-order valence-electron chi connectivity index (χ4n) is 4.75. The number of pyridine rings is 1. The Hall–Kier alpha value is 1.27. The molecule has 0 saturated carbocycles. The number of aromatic nitrogens is 1. The van der Waals surface area contributed by atoms with Crippen LogP contribution in [0.2, 0.25) is 0 Å². The Kier molecular flexibility index (Phi) is 34.6. The van der Waals surface area contributed by atoms with Gasteiger partial charge in [-0.05, 0) is 136 Å². The lowest BCUT2D eigenvalue weighted by atomic mass is 10.1. The van der Waals surface area contributed by atoms with Crippen LogP contribution in [0.15, 0.2) is 72.9 Å². The van der Waals surface area contributed by atoms with Gasteiger partial charge >= 0.3 is 18.2 Å². The van der Waals surface area contributed by atoms with Crippen molar-refractivity contribution in [2.24, 2.45) is 0 Å². The van der Waals surface area contributed by atoms with Crippen LogP contribution in [0.5, 0.6) is 0 Å². The van der Waals surface area contributed by atoms with Gasteiger partial charge in [0, 0.05) is 38.3 Å². The van der Waals surface area contributed by atoms with E-state index in [2.05, 4.69) is 134 Å². The second kappa shape index (κ2) is 34.0. The standard InChI is InChI=1S/C12H16BrNO2.C11H12BrFO5S.C9H12ClN.C6H4BrF3O.H12P10/c1-12(2,3)16-11(15)14-8-9-4-6-10(13)7-5-9;1-2-18-11(15)6-19(16,17)10-4-7(12)3-9(13)8(10)5-14;1-6-4-7(2)11-8(3)9(6)5-10;7-3-4-1-2-5(11-4)6(8,9)10;1-7(2)10(8(3)4)9(5)6/h4-7H,8H2,1-3H3,(H,14,15);3-4,14H,2,5-6H2,1H3;4H,5H2,1-3H3;1-2H,3H2;1-6H2. The molecule has 67 heavy (non-hydrogen) atoms. The minimum atomic E-state index is -4.37. The minimum absolute atomic E-state index is 0.0497. The highest BCUT2D eigenvalue weighted by atomic mass is 79.9. The van der Waals surface area contributed by atoms with E-state index in [-0.39, 0.29) is 50.4 Å². The Bertz CT molecular complexity index is 2230. The lowest BCUT2D eigenvalue weighted by Gasteiger charge is -2.27. The van der Waals surface area contributed by atoms with Crippen LogP contribution >= 0.6 is 141 Å². The first-order valence-corrected chi connectivity index (χ1v) is 41.0. The highest BCUT2D eigenvalue weighted by Gasteiger charge is 2.34. The van der Waals surface area contributed by atoms with Crippen molar-refractivity contribution in [1.29, 1.82) is 0 Å². The van der Waals surface area contributed by atoms with Crippen LogP contribution in [0.3, 0.4) is 0 Å². The zero-order chi connectivity index (χ0) is 52.0. The summed E-state index contributed by atoms with van der Waals surface area (Å²) in [5.74, 6) is -2.80. The summed E-state index contributed by atoms with van der Waals surface area (Å²) in [5.41, 5.74) is 4.74. The molecular formula is C38H56Br3ClF4N2O8P10S. The van der Waals surface area contributed by atoms with Gasteiger partial charge in [0.25, 0.3) is 0 Å². The maximum absolute atomic E-state index is 13.6. The Balaban J connectivity index is 0.000000832. The van der Waals surface area contributed by atoms with Gasteiger partial charge in [-0.3, -0.25) is 9.78 Å². The first kappa shape index (κ1) is 68.3. The van der Waals surface area contributed by atoms with Crippen LogP contribution in [0.1, 0.15) is 72.9 Å². The third-order valence-corrected chi connectivity index (χ3v) is 60.5. The number of carbonyl (C=O) groups is 2. The summed E-state index contributed by atoms with van der Waals surface area (Å²) >= 11 is 15.0. The second-order valence-electron chi connectivity index (χ2n) is 14.2. The normalized spacial score (nSPS) is 11.4. The number of esters is 1. The second-order valence-corrected chi connectivity index (χ2v) is 55.4. The largest absolute Gasteiger partial charge is 0.465 e. The van der Waals surface area contributed by atoms with Crippen molar-refractivity contribution in [2.75, 3.05) is 12.4 Å². The molecule has 4 rings (SSSR count). The summed E-state index contributed by atoms with van der Waals surface area (Å²) in [6.45, 7) is 13.5. The molecule has 0 aliphatic heterocycles. The maximum atomic E-state index is 13.6. The number of carbonyl (C=O) groups excluding carboxylic acids is 2. The molecule has 2 aromatic heterocycles. The Morgan fingerprint density at radius 3 is 1.84 bits per heavy atom. The molecule has 2 aromatic carbocycles. The van der Waals surface area contributed by atoms with E-state index < -0.39 is 62.5 Å². The predicted octanol–water partition coefficient (Wildman–Crippen LogP) is 16.2. The van der Waals surface area contributed by atoms with E-state index in [9.17, 15) is 35.6 Å². The molecule has 0 aliphatic rings. The number of nitrogens with zero attached hydrogens (tertiary/aromatic N) is 1. The van der Waals surface area contributed by atoms with E-state index in [1.807, 2.05) is 58.9 Å². The quantitative estimate of drug-likeness (QED) is 0.0613. The van der Waals surface area contributed by atoms with Crippen molar-refractivity contribution in [1.82, 2.24) is 10.3 Å². The van der Waals surface area contributed by atoms with Gasteiger partial charge in [0.2, 0.25) is 5.76 Å². The number of halogens is 8. The van der Waals surface area contributed by atoms with Gasteiger partial charge in [0.05, 0.1) is 23.4 Å². The number of benzene rings is 2. The van der Waals surface area contributed by atoms with Crippen LogP contribution in [-0.4, -0.2) is 48.5 Å². The average Bonchev–Trinajstić information content (AvgIpc) is 3.68. The van der Waals surface area contributed by atoms with Gasteiger partial charge in [-0.15, -0.1) is 65.2 Å². The van der Waals surface area contributed by atoms with Crippen molar-refractivity contribution in [3.63, 3.8) is 0 Å². The first-order chi connectivity index (χ1) is 30.8. The van der Waals surface area contributed by atoms with Gasteiger partial charge < -0.3 is 24.3 Å². The number of ether oxygens (including phenoxy) is 2. The van der Waals surface area contributed by atoms with Crippen LogP contribution < -0.4 is 5.32 Å². The molecule has 4 aromatic rings. The van der Waals surface area contributed by atoms with Gasteiger partial charge in [0.1, 0.15) is 17.2 Å². The highest BCUT2D eigenvalue weighted by Crippen LogP contribution is 3.10. The lowest BCUT2D eigenvalue weighted by molar-refractivity contribution is -0.153. The van der Waals surface area contributed by atoms with Gasteiger partial charge in [0.15, 0.2) is 15.6 Å². The van der Waals surface area contributed by atoms with Crippen molar-refractivity contribution >= 4 is 163 Å². The van der Waals surface area contributed by atoms with E-state index in [0.29, 0.717) is 17.8 Å². The zero-order valence-electron chi connectivity index (χ0n) is 37.4. The number of alkyl carbamates (subject to hydrolysis) is 1. The molecule has 6 atom stereocenters. The Morgan fingerprint density at radius 1 is 0.896 bits per heavy atom. The van der Waals surface area contributed by atoms with E-state index in [4.69, 9.17) is 21.4 Å². The third-order valence-electron chi connectivity index (χ3n) is 7.48. The maximum Gasteiger partial charge on any atom is 0.449 e. The van der Waals surface area contributed by atoms with Crippen molar-refractivity contribution < 1.29 is 54.6 Å². The molecule has 0 saturated heterocycles. The van der Waals surface area contributed by atoms with Crippen LogP contribution in [0.4, 0.5) is 22.4 Å². The van der Waals surface area contributed by atoms with Gasteiger partial charge in [-0.1, -0.05) is 59.9 Å². The van der Waals surface area contributed by atoms with E-state index >= 15 is 0 Å². The number of sulfone groups is 1. The highest BCUT2D eigenvalue weighted by molar-refractivity contribution is 9.16. The predicted molar refractivity (Wildman–Crippen MR) is 306 cm³/mol. The van der Waals surface area contributed by atoms with Gasteiger partial charge in [-0.2, -0.15) is 13.2 Å². The van der Waals surface area contributed by atoms with Gasteiger partial charge in [-0.25, -0.2) is 17.6 Å². The molecule has 0 aliphatic carbocycles. The number of rotatable bonds is 12. The molecule has 0 fully saturated rings. The molecular weight excluding hydrogens is 1310 g/mol. The molecule has 2 heterocycles. The third kappa shape index (κ3) is 28.5. The summed E-state index contributed by atoms with van der Waals surface area (Å²) in [7, 11) is 13.6. The summed E-state index contributed by atoms with van der Waals surface area (Å²) in [4.78, 5) is 26.5. The lowest BCUT2D eigenvalue weighted by Crippen LogP contribution is -2.32. The molecule has 0 spiro atoms. The van der Waals surface area contributed by atoms with E-state index in [1.165, 1.54) is 11.6 Å². The molecule has 378 valence electrons. The molecule has 6 unspecified atom stereocenters. The summed E-state index contributed by atoms with van der Waals surface area (Å²) in [6.07, 6.45) is -4.77. The summed E-state index contributed by atoms with van der Waals surface area (Å²) < 4.78 is 88.4. The van der Waals surface area contributed by atoms with Crippen LogP contribution in [-0.2, 0) is 54.6 Å². The van der Waals surface area contributed by atoms with Crippen LogP contribution in [0.25, 0.3) is 0 Å². The number of alkyl halides is 5. The summed E-state index contributed by atoms with van der Waals surface area (Å²) in [6, 6.07) is 14.2. The SMILES string of the molecule is CC(C)(C)OC(=O)NCc1ccc(Br)cc1.CCOC(=O)CS(=O)(=O)c1cc(Br)cc(F)c1CO.Cc1cc(C)c(CCl)c(C)n1.FC(F)(F)c1ccc(CBr)o1.PP(P)P(P(P)P)P(P)P. The van der Waals surface area contributed by atoms with Crippen molar-refractivity contribution in [3.05, 3.63) is 115 Å². The number of furan rings is 1. The molecule has 10 nitrogen and oxygen atoms in total. The fraction of sp³-hybridized carbons (Fsp3) is 0.395. The number of aliphatic hydroxyl groups is 1. The van der Waals surface area contributed by atoms with E-state index in [0.717, 1.165) is 45.2 Å². The Morgan fingerprint density at radius 2 is 1.45 bits per heavy atom. The molecule has 1 amide bonds. The fourth-order valence-corrected chi connectivity index (χ4v) is 94.3. The monoisotopic (exact) mass is 1360 g/mol. The molecule has 2 N–H and O–H groups in total.